The fraction of sp³-hybridized carbons (Fsp3) is 0.357. The van der Waals surface area contributed by atoms with Gasteiger partial charge in [-0.15, -0.1) is 11.3 Å². The Bertz CT molecular complexity index is 585. The molecule has 3 nitrogen and oxygen atoms in total. The topological polar surface area (TPSA) is 41.6 Å². The first-order valence-electron chi connectivity index (χ1n) is 6.42. The van der Waals surface area contributed by atoms with E-state index >= 15 is 0 Å². The lowest BCUT2D eigenvalue weighted by molar-refractivity contribution is 0.456. The zero-order chi connectivity index (χ0) is 13.1. The molecule has 3 rings (SSSR count). The molecule has 1 aliphatic heterocycles. The van der Waals surface area contributed by atoms with Crippen LogP contribution >= 0.6 is 23.1 Å². The van der Waals surface area contributed by atoms with Crippen molar-refractivity contribution in [3.8, 4) is 0 Å². The molecule has 0 atom stereocenters. The molecule has 0 aliphatic carbocycles. The van der Waals surface area contributed by atoms with Gasteiger partial charge in [0.1, 0.15) is 0 Å². The number of nitrogens with zero attached hydrogens (tertiary/aromatic N) is 2. The van der Waals surface area contributed by atoms with Crippen molar-refractivity contribution in [3.05, 3.63) is 35.2 Å². The largest absolute Gasteiger partial charge is 0.370 e. The molecule has 2 heterocycles. The maximum atomic E-state index is 6.08. The van der Waals surface area contributed by atoms with E-state index in [1.807, 2.05) is 11.8 Å². The molecule has 2 aromatic rings. The van der Waals surface area contributed by atoms with Crippen LogP contribution in [0.4, 0.5) is 0 Å². The Hall–Kier alpha value is -1.20. The second kappa shape index (κ2) is 5.84. The monoisotopic (exact) mass is 291 g/mol. The molecule has 5 heteroatoms. The molecule has 1 aliphatic rings. The smallest absolute Gasteiger partial charge is 0.191 e. The van der Waals surface area contributed by atoms with E-state index in [0.717, 1.165) is 24.6 Å². The molecule has 1 saturated heterocycles. The van der Waals surface area contributed by atoms with Gasteiger partial charge in [-0.25, -0.2) is 4.99 Å². The Morgan fingerprint density at radius 3 is 2.89 bits per heavy atom. The number of thioether (sulfide) groups is 1. The first-order chi connectivity index (χ1) is 9.34. The van der Waals surface area contributed by atoms with E-state index in [1.54, 1.807) is 11.3 Å². The van der Waals surface area contributed by atoms with Crippen LogP contribution in [0.25, 0.3) is 10.1 Å². The summed E-state index contributed by atoms with van der Waals surface area (Å²) in [6.07, 6.45) is 0. The van der Waals surface area contributed by atoms with Gasteiger partial charge in [-0.1, -0.05) is 18.2 Å². The maximum Gasteiger partial charge on any atom is 0.191 e. The maximum absolute atomic E-state index is 6.08. The van der Waals surface area contributed by atoms with Crippen LogP contribution in [0.2, 0.25) is 0 Å². The minimum atomic E-state index is 0.680. The molecule has 1 fully saturated rings. The Morgan fingerprint density at radius 2 is 2.05 bits per heavy atom. The average molecular weight is 291 g/mol. The van der Waals surface area contributed by atoms with Crippen LogP contribution in [0.3, 0.4) is 0 Å². The molecule has 0 amide bonds. The summed E-state index contributed by atoms with van der Waals surface area (Å²) in [4.78, 5) is 6.74. The summed E-state index contributed by atoms with van der Waals surface area (Å²) >= 11 is 3.76. The molecule has 0 bridgehead atoms. The van der Waals surface area contributed by atoms with E-state index in [2.05, 4.69) is 39.5 Å². The van der Waals surface area contributed by atoms with Gasteiger partial charge in [-0.3, -0.25) is 0 Å². The summed E-state index contributed by atoms with van der Waals surface area (Å²) < 4.78 is 1.32. The number of guanidine groups is 1. The van der Waals surface area contributed by atoms with Crippen LogP contribution in [-0.2, 0) is 6.54 Å². The fourth-order valence-electron chi connectivity index (χ4n) is 2.21. The molecule has 2 N–H and O–H groups in total. The number of benzene rings is 1. The summed E-state index contributed by atoms with van der Waals surface area (Å²) in [5.74, 6) is 2.99. The molecule has 19 heavy (non-hydrogen) atoms. The predicted molar refractivity (Wildman–Crippen MR) is 86.0 cm³/mol. The number of fused-ring (bicyclic) bond motifs is 1. The van der Waals surface area contributed by atoms with Gasteiger partial charge in [0, 0.05) is 29.3 Å². The summed E-state index contributed by atoms with van der Waals surface area (Å²) in [6.45, 7) is 2.72. The zero-order valence-corrected chi connectivity index (χ0v) is 12.3. The van der Waals surface area contributed by atoms with Gasteiger partial charge in [0.05, 0.1) is 6.54 Å². The lowest BCUT2D eigenvalue weighted by Gasteiger charge is -2.27. The summed E-state index contributed by atoms with van der Waals surface area (Å²) in [5, 5.41) is 3.49. The normalized spacial score (nSPS) is 17.1. The number of rotatable bonds is 2. The van der Waals surface area contributed by atoms with Crippen molar-refractivity contribution in [1.82, 2.24) is 4.90 Å². The lowest BCUT2D eigenvalue weighted by atomic mass is 10.2. The molecule has 0 spiro atoms. The van der Waals surface area contributed by atoms with Gasteiger partial charge < -0.3 is 10.6 Å². The van der Waals surface area contributed by atoms with E-state index < -0.39 is 0 Å². The second-order valence-electron chi connectivity index (χ2n) is 4.53. The van der Waals surface area contributed by atoms with Gasteiger partial charge in [-0.05, 0) is 22.4 Å². The van der Waals surface area contributed by atoms with Crippen molar-refractivity contribution >= 4 is 39.1 Å². The molecule has 0 unspecified atom stereocenters. The van der Waals surface area contributed by atoms with Crippen molar-refractivity contribution < 1.29 is 0 Å². The van der Waals surface area contributed by atoms with Crippen LogP contribution in [0.15, 0.2) is 34.6 Å². The first kappa shape index (κ1) is 12.8. The van der Waals surface area contributed by atoms with Crippen LogP contribution in [-0.4, -0.2) is 35.5 Å². The minimum absolute atomic E-state index is 0.680. The van der Waals surface area contributed by atoms with Crippen molar-refractivity contribution in [2.75, 3.05) is 24.6 Å². The highest BCUT2D eigenvalue weighted by atomic mass is 32.2. The molecular formula is C14H17N3S2. The van der Waals surface area contributed by atoms with E-state index in [0.29, 0.717) is 12.5 Å². The minimum Gasteiger partial charge on any atom is -0.370 e. The molecule has 100 valence electrons. The van der Waals surface area contributed by atoms with E-state index in [1.165, 1.54) is 15.6 Å². The third-order valence-electron chi connectivity index (χ3n) is 3.31. The summed E-state index contributed by atoms with van der Waals surface area (Å²) in [5.41, 5.74) is 7.35. The Balaban J connectivity index is 1.74. The lowest BCUT2D eigenvalue weighted by Crippen LogP contribution is -2.42. The van der Waals surface area contributed by atoms with Crippen LogP contribution < -0.4 is 5.73 Å². The highest BCUT2D eigenvalue weighted by Gasteiger charge is 2.12. The van der Waals surface area contributed by atoms with Crippen LogP contribution in [0.5, 0.6) is 0 Å². The van der Waals surface area contributed by atoms with Gasteiger partial charge in [0.15, 0.2) is 5.96 Å². The molecule has 0 radical (unpaired) electrons. The van der Waals surface area contributed by atoms with E-state index in [4.69, 9.17) is 5.73 Å². The van der Waals surface area contributed by atoms with Crippen LogP contribution in [0, 0.1) is 0 Å². The SMILES string of the molecule is NC(=NCc1csc2ccccc12)N1CCSCC1. The number of nitrogens with two attached hydrogens (primary N) is 1. The first-order valence-corrected chi connectivity index (χ1v) is 8.46. The van der Waals surface area contributed by atoms with Gasteiger partial charge in [0.2, 0.25) is 0 Å². The second-order valence-corrected chi connectivity index (χ2v) is 6.67. The van der Waals surface area contributed by atoms with E-state index in [-0.39, 0.29) is 0 Å². The third kappa shape index (κ3) is 2.87. The molecule has 1 aromatic carbocycles. The molecular weight excluding hydrogens is 274 g/mol. The Labute approximate surface area is 121 Å². The number of thiophene rings is 1. The highest BCUT2D eigenvalue weighted by molar-refractivity contribution is 7.99. The number of hydrogen-bond donors (Lipinski definition) is 1. The quantitative estimate of drug-likeness (QED) is 0.683. The number of hydrogen-bond acceptors (Lipinski definition) is 3. The third-order valence-corrected chi connectivity index (χ3v) is 5.26. The highest BCUT2D eigenvalue weighted by Crippen LogP contribution is 2.26. The Kier molecular flexibility index (Phi) is 3.94. The van der Waals surface area contributed by atoms with Gasteiger partial charge in [-0.2, -0.15) is 11.8 Å². The Morgan fingerprint density at radius 1 is 1.26 bits per heavy atom. The number of aliphatic imine (C=N–C) groups is 1. The van der Waals surface area contributed by atoms with Crippen molar-refractivity contribution in [2.24, 2.45) is 10.7 Å². The van der Waals surface area contributed by atoms with Crippen molar-refractivity contribution in [2.45, 2.75) is 6.54 Å². The van der Waals surface area contributed by atoms with Crippen LogP contribution in [0.1, 0.15) is 5.56 Å². The van der Waals surface area contributed by atoms with Gasteiger partial charge in [0.25, 0.3) is 0 Å². The van der Waals surface area contributed by atoms with Gasteiger partial charge >= 0.3 is 0 Å². The molecule has 0 saturated carbocycles. The fourth-order valence-corrected chi connectivity index (χ4v) is 4.07. The summed E-state index contributed by atoms with van der Waals surface area (Å²) in [7, 11) is 0. The van der Waals surface area contributed by atoms with E-state index in [9.17, 15) is 0 Å². The van der Waals surface area contributed by atoms with Crippen molar-refractivity contribution in [3.63, 3.8) is 0 Å². The zero-order valence-electron chi connectivity index (χ0n) is 10.7. The predicted octanol–water partition coefficient (Wildman–Crippen LogP) is 2.76. The standard InChI is InChI=1S/C14H17N3S2/c15-14(17-5-7-18-8-6-17)16-9-11-10-19-13-4-2-1-3-12(11)13/h1-4,10H,5-9H2,(H2,15,16). The summed E-state index contributed by atoms with van der Waals surface area (Å²) in [6, 6.07) is 8.46. The van der Waals surface area contributed by atoms with Crippen molar-refractivity contribution in [1.29, 1.82) is 0 Å². The molecule has 1 aromatic heterocycles. The average Bonchev–Trinajstić information content (AvgIpc) is 2.89.